The van der Waals surface area contributed by atoms with E-state index < -0.39 is 0 Å². The maximum atomic E-state index is 14.6. The molecule has 1 atom stereocenters. The smallest absolute Gasteiger partial charge is 0.351 e. The molecule has 8 nitrogen and oxygen atoms in total. The van der Waals surface area contributed by atoms with E-state index in [4.69, 9.17) is 9.47 Å². The molecule has 1 fully saturated rings. The first kappa shape index (κ1) is 22.6. The zero-order chi connectivity index (χ0) is 23.9. The topological polar surface area (TPSA) is 73.9 Å². The Labute approximate surface area is 205 Å². The lowest BCUT2D eigenvalue weighted by Gasteiger charge is -2.32. The molecule has 0 radical (unpaired) electrons. The van der Waals surface area contributed by atoms with Crippen LogP contribution in [0.15, 0.2) is 29.3 Å². The standard InChI is InChI=1S/C25H28FN5O3S/c1-33-18-5-4-17(20(26)11-18)6-9-30-24-22(23-27-15-28-31(23)25(30)32)19-7-8-29(13-21(19)35-24)12-16-3-2-10-34-14-16/h4-5,11,15-16H,2-3,6-10,12-14H2,1H3. The summed E-state index contributed by atoms with van der Waals surface area (Å²) >= 11 is 1.67. The van der Waals surface area contributed by atoms with Crippen LogP contribution in [0, 0.1) is 11.7 Å². The summed E-state index contributed by atoms with van der Waals surface area (Å²) in [4.78, 5) is 22.5. The molecule has 0 amide bonds. The highest BCUT2D eigenvalue weighted by Crippen LogP contribution is 2.37. The minimum Gasteiger partial charge on any atom is -0.497 e. The summed E-state index contributed by atoms with van der Waals surface area (Å²) in [5.41, 5.74) is 2.19. The zero-order valence-electron chi connectivity index (χ0n) is 19.7. The highest BCUT2D eigenvalue weighted by molar-refractivity contribution is 7.19. The Morgan fingerprint density at radius 2 is 2.26 bits per heavy atom. The average molecular weight is 498 g/mol. The highest BCUT2D eigenvalue weighted by atomic mass is 32.1. The van der Waals surface area contributed by atoms with Crippen LogP contribution in [0.25, 0.3) is 15.9 Å². The molecule has 0 saturated carbocycles. The first-order chi connectivity index (χ1) is 17.1. The van der Waals surface area contributed by atoms with Crippen molar-refractivity contribution in [1.29, 1.82) is 0 Å². The van der Waals surface area contributed by atoms with Gasteiger partial charge in [-0.15, -0.1) is 11.3 Å². The molecular formula is C25H28FN5O3S. The molecular weight excluding hydrogens is 469 g/mol. The van der Waals surface area contributed by atoms with Gasteiger partial charge in [0, 0.05) is 43.7 Å². The van der Waals surface area contributed by atoms with E-state index >= 15 is 0 Å². The van der Waals surface area contributed by atoms with Gasteiger partial charge in [0.15, 0.2) is 5.65 Å². The minimum absolute atomic E-state index is 0.242. The van der Waals surface area contributed by atoms with Crippen molar-refractivity contribution in [2.24, 2.45) is 5.92 Å². The number of nitrogens with zero attached hydrogens (tertiary/aromatic N) is 5. The molecule has 184 valence electrons. The van der Waals surface area contributed by atoms with Gasteiger partial charge < -0.3 is 9.47 Å². The fourth-order valence-corrected chi connectivity index (χ4v) is 6.78. The fourth-order valence-electron chi connectivity index (χ4n) is 5.38. The molecule has 0 spiro atoms. The van der Waals surface area contributed by atoms with Crippen molar-refractivity contribution >= 4 is 27.2 Å². The van der Waals surface area contributed by atoms with E-state index in [9.17, 15) is 9.18 Å². The second kappa shape index (κ2) is 9.33. The Bertz CT molecular complexity index is 1440. The minimum atomic E-state index is -0.330. The summed E-state index contributed by atoms with van der Waals surface area (Å²) in [6.07, 6.45) is 5.10. The van der Waals surface area contributed by atoms with Gasteiger partial charge in [-0.05, 0) is 48.8 Å². The number of halogens is 1. The third kappa shape index (κ3) is 4.13. The summed E-state index contributed by atoms with van der Waals surface area (Å²) in [5.74, 6) is 0.730. The largest absolute Gasteiger partial charge is 0.497 e. The van der Waals surface area contributed by atoms with Gasteiger partial charge in [0.2, 0.25) is 0 Å². The number of thiophene rings is 1. The maximum Gasteiger partial charge on any atom is 0.351 e. The number of aryl methyl sites for hydroxylation is 2. The molecule has 0 N–H and O–H groups in total. The average Bonchev–Trinajstić information content (AvgIpc) is 3.50. The lowest BCUT2D eigenvalue weighted by atomic mass is 9.99. The third-order valence-corrected chi connectivity index (χ3v) is 8.42. The maximum absolute atomic E-state index is 14.6. The van der Waals surface area contributed by atoms with Crippen molar-refractivity contribution in [3.05, 3.63) is 56.8 Å². The van der Waals surface area contributed by atoms with Crippen molar-refractivity contribution in [3.63, 3.8) is 0 Å². The number of fused-ring (bicyclic) bond motifs is 5. The summed E-state index contributed by atoms with van der Waals surface area (Å²) in [7, 11) is 1.51. The second-order valence-electron chi connectivity index (χ2n) is 9.39. The summed E-state index contributed by atoms with van der Waals surface area (Å²) in [5, 5.41) is 5.22. The Kier molecular flexibility index (Phi) is 6.03. The Hall–Kier alpha value is -2.82. The van der Waals surface area contributed by atoms with Crippen molar-refractivity contribution in [1.82, 2.24) is 24.1 Å². The van der Waals surface area contributed by atoms with Crippen LogP contribution in [0.3, 0.4) is 0 Å². The van der Waals surface area contributed by atoms with Gasteiger partial charge >= 0.3 is 5.69 Å². The molecule has 5 heterocycles. The number of methoxy groups -OCH3 is 1. The van der Waals surface area contributed by atoms with Crippen LogP contribution >= 0.6 is 11.3 Å². The molecule has 3 aromatic heterocycles. The molecule has 1 saturated heterocycles. The van der Waals surface area contributed by atoms with E-state index in [-0.39, 0.29) is 11.5 Å². The normalized spacial score (nSPS) is 18.9. The number of hydrogen-bond donors (Lipinski definition) is 0. The van der Waals surface area contributed by atoms with E-state index in [1.165, 1.54) is 40.9 Å². The fraction of sp³-hybridized carbons (Fsp3) is 0.480. The van der Waals surface area contributed by atoms with Gasteiger partial charge in [0.05, 0.1) is 19.1 Å². The van der Waals surface area contributed by atoms with E-state index in [0.717, 1.165) is 55.9 Å². The van der Waals surface area contributed by atoms with Crippen LogP contribution in [-0.4, -0.2) is 57.5 Å². The van der Waals surface area contributed by atoms with Gasteiger partial charge in [-0.3, -0.25) is 9.47 Å². The molecule has 1 aromatic carbocycles. The van der Waals surface area contributed by atoms with Gasteiger partial charge in [-0.25, -0.2) is 14.2 Å². The molecule has 4 aromatic rings. The zero-order valence-corrected chi connectivity index (χ0v) is 20.5. The molecule has 2 aliphatic heterocycles. The Morgan fingerprint density at radius 3 is 3.06 bits per heavy atom. The molecule has 0 aliphatic carbocycles. The van der Waals surface area contributed by atoms with Crippen molar-refractivity contribution < 1.29 is 13.9 Å². The molecule has 35 heavy (non-hydrogen) atoms. The lowest BCUT2D eigenvalue weighted by molar-refractivity contribution is 0.0366. The highest BCUT2D eigenvalue weighted by Gasteiger charge is 2.27. The van der Waals surface area contributed by atoms with Crippen molar-refractivity contribution in [3.8, 4) is 5.75 Å². The Balaban J connectivity index is 1.34. The van der Waals surface area contributed by atoms with E-state index in [1.54, 1.807) is 28.0 Å². The van der Waals surface area contributed by atoms with Gasteiger partial charge in [-0.1, -0.05) is 6.07 Å². The summed E-state index contributed by atoms with van der Waals surface area (Å²) in [6, 6.07) is 4.84. The number of aromatic nitrogens is 4. The van der Waals surface area contributed by atoms with Crippen LogP contribution in [0.2, 0.25) is 0 Å². The van der Waals surface area contributed by atoms with Crippen LogP contribution in [0.1, 0.15) is 28.8 Å². The predicted molar refractivity (Wildman–Crippen MR) is 132 cm³/mol. The van der Waals surface area contributed by atoms with Gasteiger partial charge in [-0.2, -0.15) is 9.61 Å². The SMILES string of the molecule is COc1ccc(CCn2c(=O)n3ncnc3c3c4c(sc32)CN(CC2CCCOC2)CC4)c(F)c1. The lowest BCUT2D eigenvalue weighted by Crippen LogP contribution is -2.36. The van der Waals surface area contributed by atoms with Crippen molar-refractivity contribution in [2.45, 2.75) is 38.8 Å². The van der Waals surface area contributed by atoms with Crippen LogP contribution in [0.5, 0.6) is 5.75 Å². The number of benzene rings is 1. The molecule has 0 bridgehead atoms. The first-order valence-corrected chi connectivity index (χ1v) is 12.9. The first-order valence-electron chi connectivity index (χ1n) is 12.1. The molecule has 10 heteroatoms. The Morgan fingerprint density at radius 1 is 1.34 bits per heavy atom. The monoisotopic (exact) mass is 497 g/mol. The van der Waals surface area contributed by atoms with Crippen LogP contribution in [-0.2, 0) is 30.7 Å². The van der Waals surface area contributed by atoms with E-state index in [1.807, 2.05) is 0 Å². The quantitative estimate of drug-likeness (QED) is 0.407. The van der Waals surface area contributed by atoms with Gasteiger partial charge in [0.1, 0.15) is 22.7 Å². The molecule has 2 aliphatic rings. The predicted octanol–water partition coefficient (Wildman–Crippen LogP) is 3.28. The van der Waals surface area contributed by atoms with Gasteiger partial charge in [0.25, 0.3) is 0 Å². The van der Waals surface area contributed by atoms with Crippen LogP contribution < -0.4 is 10.4 Å². The third-order valence-electron chi connectivity index (χ3n) is 7.18. The van der Waals surface area contributed by atoms with Crippen LogP contribution in [0.4, 0.5) is 4.39 Å². The molecule has 6 rings (SSSR count). The number of rotatable bonds is 6. The van der Waals surface area contributed by atoms with E-state index in [0.29, 0.717) is 35.8 Å². The summed E-state index contributed by atoms with van der Waals surface area (Å²) in [6.45, 7) is 4.97. The summed E-state index contributed by atoms with van der Waals surface area (Å²) < 4.78 is 28.5. The number of ether oxygens (including phenoxy) is 2. The second-order valence-corrected chi connectivity index (χ2v) is 10.5. The van der Waals surface area contributed by atoms with E-state index in [2.05, 4.69) is 15.0 Å². The number of hydrogen-bond acceptors (Lipinski definition) is 7. The van der Waals surface area contributed by atoms with Crippen molar-refractivity contribution in [2.75, 3.05) is 33.4 Å². The molecule has 1 unspecified atom stereocenters.